The summed E-state index contributed by atoms with van der Waals surface area (Å²) in [4.78, 5) is 21.7. The van der Waals surface area contributed by atoms with Crippen LogP contribution in [-0.4, -0.2) is 42.0 Å². The Morgan fingerprint density at radius 3 is 2.83 bits per heavy atom. The third-order valence-electron chi connectivity index (χ3n) is 3.14. The minimum Gasteiger partial charge on any atom is -0.473 e. The summed E-state index contributed by atoms with van der Waals surface area (Å²) in [6.45, 7) is 4.57. The number of benzene rings is 1. The molecule has 0 radical (unpaired) electrons. The number of alkyl carbamates (subject to hydrolysis) is 1. The number of carbonyl (C=O) groups is 1. The molecule has 1 unspecified atom stereocenters. The minimum atomic E-state index is -1.32. The molecule has 0 spiro atoms. The molecule has 0 fully saturated rings. The van der Waals surface area contributed by atoms with Crippen LogP contribution in [0.2, 0.25) is 0 Å². The van der Waals surface area contributed by atoms with Gasteiger partial charge < -0.3 is 19.2 Å². The fourth-order valence-corrected chi connectivity index (χ4v) is 2.29. The zero-order chi connectivity index (χ0) is 17.9. The van der Waals surface area contributed by atoms with Crippen LogP contribution in [0.15, 0.2) is 18.2 Å². The van der Waals surface area contributed by atoms with Crippen molar-refractivity contribution in [3.8, 4) is 5.75 Å². The normalized spacial score (nSPS) is 16.5. The molecule has 0 aliphatic carbocycles. The number of carbonyl (C=O) groups excluding carboxylic acids is 1. The zero-order valence-corrected chi connectivity index (χ0v) is 13.6. The first-order valence-corrected chi connectivity index (χ1v) is 7.35. The Bertz CT molecular complexity index is 632. The number of amides is 1. The van der Waals surface area contributed by atoms with Crippen LogP contribution in [-0.2, 0) is 9.39 Å². The second kappa shape index (κ2) is 7.06. The molecular formula is C14H19BN2O7. The van der Waals surface area contributed by atoms with E-state index in [4.69, 9.17) is 14.1 Å². The summed E-state index contributed by atoms with van der Waals surface area (Å²) in [5, 5.41) is 23.1. The van der Waals surface area contributed by atoms with Gasteiger partial charge in [-0.25, -0.2) is 4.79 Å². The molecule has 130 valence electrons. The van der Waals surface area contributed by atoms with E-state index in [0.29, 0.717) is 11.0 Å². The van der Waals surface area contributed by atoms with E-state index in [-0.39, 0.29) is 12.5 Å². The molecule has 1 aliphatic rings. The first kappa shape index (κ1) is 18.0. The topological polar surface area (TPSA) is 120 Å². The van der Waals surface area contributed by atoms with Crippen LogP contribution in [0.5, 0.6) is 5.75 Å². The van der Waals surface area contributed by atoms with Crippen molar-refractivity contribution >= 4 is 18.7 Å². The lowest BCUT2D eigenvalue weighted by atomic mass is 9.78. The maximum Gasteiger partial charge on any atom is 0.496 e. The standard InChI is InChI=1S/C14H19BN2O7/c1-14(2,3)23-13(18)16-8-22-10-6-4-5-9-11(7-17(20)21)24-15(19)12(9)10/h4-6,11,19H,7-8H2,1-3H3,(H,16,18). The fraction of sp³-hybridized carbons (Fsp3) is 0.500. The summed E-state index contributed by atoms with van der Waals surface area (Å²) in [6.07, 6.45) is -1.48. The van der Waals surface area contributed by atoms with Gasteiger partial charge in [0.1, 0.15) is 17.5 Å². The quantitative estimate of drug-likeness (QED) is 0.349. The molecule has 0 bridgehead atoms. The molecule has 10 heteroatoms. The molecule has 9 nitrogen and oxygen atoms in total. The molecule has 1 heterocycles. The van der Waals surface area contributed by atoms with Crippen molar-refractivity contribution in [2.75, 3.05) is 13.3 Å². The molecule has 0 saturated heterocycles. The van der Waals surface area contributed by atoms with Gasteiger partial charge in [0, 0.05) is 10.4 Å². The van der Waals surface area contributed by atoms with E-state index < -0.39 is 36.4 Å². The van der Waals surface area contributed by atoms with Crippen molar-refractivity contribution in [1.29, 1.82) is 0 Å². The highest BCUT2D eigenvalue weighted by Crippen LogP contribution is 2.27. The zero-order valence-electron chi connectivity index (χ0n) is 13.6. The van der Waals surface area contributed by atoms with Gasteiger partial charge in [0.2, 0.25) is 6.54 Å². The van der Waals surface area contributed by atoms with Crippen molar-refractivity contribution in [3.05, 3.63) is 33.9 Å². The van der Waals surface area contributed by atoms with Crippen LogP contribution in [0.1, 0.15) is 32.4 Å². The Kier molecular flexibility index (Phi) is 5.30. The first-order valence-electron chi connectivity index (χ1n) is 7.35. The average Bonchev–Trinajstić information content (AvgIpc) is 2.73. The molecule has 1 aromatic carbocycles. The summed E-state index contributed by atoms with van der Waals surface area (Å²) in [6, 6.07) is 4.85. The maximum atomic E-state index is 11.6. The van der Waals surface area contributed by atoms with Crippen molar-refractivity contribution in [2.24, 2.45) is 0 Å². The van der Waals surface area contributed by atoms with Gasteiger partial charge in [-0.1, -0.05) is 12.1 Å². The molecule has 1 atom stereocenters. The number of nitrogens with one attached hydrogen (secondary N) is 1. The number of hydrogen-bond donors (Lipinski definition) is 2. The second-order valence-corrected chi connectivity index (χ2v) is 6.22. The Labute approximate surface area is 139 Å². The Morgan fingerprint density at radius 1 is 1.50 bits per heavy atom. The minimum absolute atomic E-state index is 0.183. The van der Waals surface area contributed by atoms with E-state index in [0.717, 1.165) is 0 Å². The molecular weight excluding hydrogens is 319 g/mol. The van der Waals surface area contributed by atoms with E-state index in [9.17, 15) is 19.9 Å². The third kappa shape index (κ3) is 4.59. The van der Waals surface area contributed by atoms with Crippen molar-refractivity contribution in [1.82, 2.24) is 5.32 Å². The third-order valence-corrected chi connectivity index (χ3v) is 3.14. The number of ether oxygens (including phenoxy) is 2. The lowest BCUT2D eigenvalue weighted by molar-refractivity contribution is -0.490. The van der Waals surface area contributed by atoms with Crippen LogP contribution in [0, 0.1) is 10.1 Å². The maximum absolute atomic E-state index is 11.6. The summed E-state index contributed by atoms with van der Waals surface area (Å²) in [5.74, 6) is 0.280. The predicted molar refractivity (Wildman–Crippen MR) is 84.6 cm³/mol. The molecule has 1 aromatic rings. The van der Waals surface area contributed by atoms with Gasteiger partial charge >= 0.3 is 13.2 Å². The second-order valence-electron chi connectivity index (χ2n) is 6.22. The van der Waals surface area contributed by atoms with Gasteiger partial charge in [0.25, 0.3) is 0 Å². The number of hydrogen-bond acceptors (Lipinski definition) is 7. The van der Waals surface area contributed by atoms with Crippen LogP contribution in [0.25, 0.3) is 0 Å². The van der Waals surface area contributed by atoms with E-state index in [1.807, 2.05) is 0 Å². The van der Waals surface area contributed by atoms with Crippen LogP contribution >= 0.6 is 0 Å². The van der Waals surface area contributed by atoms with Crippen LogP contribution in [0.3, 0.4) is 0 Å². The van der Waals surface area contributed by atoms with Crippen LogP contribution in [0.4, 0.5) is 4.79 Å². The van der Waals surface area contributed by atoms with Gasteiger partial charge in [-0.3, -0.25) is 15.4 Å². The highest BCUT2D eigenvalue weighted by molar-refractivity contribution is 6.62. The molecule has 24 heavy (non-hydrogen) atoms. The van der Waals surface area contributed by atoms with Crippen molar-refractivity contribution in [2.45, 2.75) is 32.5 Å². The van der Waals surface area contributed by atoms with Gasteiger partial charge in [0.15, 0.2) is 6.73 Å². The average molecular weight is 338 g/mol. The largest absolute Gasteiger partial charge is 0.496 e. The SMILES string of the molecule is CC(C)(C)OC(=O)NCOc1cccc2c1B(O)OC2C[N+](=O)[O-]. The Balaban J connectivity index is 2.02. The summed E-state index contributed by atoms with van der Waals surface area (Å²) < 4.78 is 15.7. The van der Waals surface area contributed by atoms with E-state index >= 15 is 0 Å². The van der Waals surface area contributed by atoms with Gasteiger partial charge in [-0.05, 0) is 32.4 Å². The predicted octanol–water partition coefficient (Wildman–Crippen LogP) is 0.583. The molecule has 1 aliphatic heterocycles. The number of fused-ring (bicyclic) bond motifs is 1. The molecule has 2 N–H and O–H groups in total. The Morgan fingerprint density at radius 2 is 2.21 bits per heavy atom. The smallest absolute Gasteiger partial charge is 0.473 e. The lowest BCUT2D eigenvalue weighted by Gasteiger charge is -2.20. The summed E-state index contributed by atoms with van der Waals surface area (Å²) in [7, 11) is -1.32. The summed E-state index contributed by atoms with van der Waals surface area (Å²) >= 11 is 0. The van der Waals surface area contributed by atoms with E-state index in [1.165, 1.54) is 0 Å². The lowest BCUT2D eigenvalue weighted by Crippen LogP contribution is -2.36. The van der Waals surface area contributed by atoms with E-state index in [2.05, 4.69) is 5.32 Å². The highest BCUT2D eigenvalue weighted by Gasteiger charge is 2.40. The van der Waals surface area contributed by atoms with Gasteiger partial charge in [-0.2, -0.15) is 0 Å². The number of nitro groups is 1. The molecule has 2 rings (SSSR count). The van der Waals surface area contributed by atoms with E-state index in [1.54, 1.807) is 39.0 Å². The van der Waals surface area contributed by atoms with Gasteiger partial charge in [-0.15, -0.1) is 0 Å². The van der Waals surface area contributed by atoms with Crippen molar-refractivity contribution < 1.29 is 28.9 Å². The fourth-order valence-electron chi connectivity index (χ4n) is 2.29. The molecule has 1 amide bonds. The highest BCUT2D eigenvalue weighted by atomic mass is 16.6. The number of rotatable bonds is 5. The monoisotopic (exact) mass is 338 g/mol. The number of nitrogens with zero attached hydrogens (tertiary/aromatic N) is 1. The van der Waals surface area contributed by atoms with Crippen LogP contribution < -0.4 is 15.5 Å². The van der Waals surface area contributed by atoms with Gasteiger partial charge in [0.05, 0.1) is 0 Å². The molecule has 0 aromatic heterocycles. The van der Waals surface area contributed by atoms with Crippen molar-refractivity contribution in [3.63, 3.8) is 0 Å². The first-order chi connectivity index (χ1) is 11.2. The Hall–Kier alpha value is -2.33. The molecule has 0 saturated carbocycles. The summed E-state index contributed by atoms with van der Waals surface area (Å²) in [5.41, 5.74) is 0.196.